The number of hydrogen-bond acceptors (Lipinski definition) is 6. The molecule has 26 heavy (non-hydrogen) atoms. The van der Waals surface area contributed by atoms with E-state index in [1.54, 1.807) is 42.0 Å². The molecule has 0 unspecified atom stereocenters. The van der Waals surface area contributed by atoms with Crippen LogP contribution in [-0.2, 0) is 28.9 Å². The summed E-state index contributed by atoms with van der Waals surface area (Å²) in [5.74, 6) is 0.0152. The topological polar surface area (TPSA) is 64.4 Å². The van der Waals surface area contributed by atoms with E-state index in [4.69, 9.17) is 9.72 Å². The average Bonchev–Trinajstić information content (AvgIpc) is 3.17. The second kappa shape index (κ2) is 8.10. The third kappa shape index (κ3) is 3.68. The van der Waals surface area contributed by atoms with E-state index in [2.05, 4.69) is 0 Å². The molecule has 1 atom stereocenters. The van der Waals surface area contributed by atoms with Gasteiger partial charge in [-0.3, -0.25) is 14.2 Å². The minimum absolute atomic E-state index is 0.0152. The predicted molar refractivity (Wildman–Crippen MR) is 106 cm³/mol. The van der Waals surface area contributed by atoms with Gasteiger partial charge in [-0.2, -0.15) is 0 Å². The Morgan fingerprint density at radius 3 is 2.88 bits per heavy atom. The summed E-state index contributed by atoms with van der Waals surface area (Å²) in [6, 6.07) is 0. The number of aromatic nitrogens is 2. The van der Waals surface area contributed by atoms with Crippen LogP contribution < -0.4 is 5.56 Å². The zero-order valence-corrected chi connectivity index (χ0v) is 17.3. The molecule has 0 aromatic carbocycles. The van der Waals surface area contributed by atoms with E-state index >= 15 is 0 Å². The van der Waals surface area contributed by atoms with Crippen LogP contribution in [0, 0.1) is 0 Å². The first-order valence-electron chi connectivity index (χ1n) is 8.86. The van der Waals surface area contributed by atoms with Gasteiger partial charge in [0.15, 0.2) is 5.16 Å². The van der Waals surface area contributed by atoms with Crippen LogP contribution in [0.5, 0.6) is 0 Å². The van der Waals surface area contributed by atoms with E-state index in [0.29, 0.717) is 18.3 Å². The summed E-state index contributed by atoms with van der Waals surface area (Å²) in [7, 11) is 5.14. The number of thioether (sulfide) groups is 1. The number of carbonyl (C=O) groups excluding carboxylic acids is 1. The third-order valence-corrected chi connectivity index (χ3v) is 6.85. The molecule has 142 valence electrons. The minimum Gasteiger partial charge on any atom is -0.385 e. The summed E-state index contributed by atoms with van der Waals surface area (Å²) < 4.78 is 6.87. The van der Waals surface area contributed by atoms with Crippen molar-refractivity contribution in [3.63, 3.8) is 0 Å². The van der Waals surface area contributed by atoms with Gasteiger partial charge in [0.25, 0.3) is 5.56 Å². The first kappa shape index (κ1) is 19.4. The number of thiophene rings is 1. The van der Waals surface area contributed by atoms with Crippen LogP contribution in [0.3, 0.4) is 0 Å². The lowest BCUT2D eigenvalue weighted by Gasteiger charge is -2.18. The second-order valence-corrected chi connectivity index (χ2v) is 9.12. The molecule has 1 aliphatic rings. The Morgan fingerprint density at radius 1 is 1.42 bits per heavy atom. The van der Waals surface area contributed by atoms with Gasteiger partial charge in [-0.05, 0) is 38.2 Å². The molecular weight excluding hydrogens is 370 g/mol. The fourth-order valence-electron chi connectivity index (χ4n) is 3.28. The molecular formula is C18H25N3O3S2. The van der Waals surface area contributed by atoms with Gasteiger partial charge in [0.05, 0.1) is 10.6 Å². The van der Waals surface area contributed by atoms with E-state index in [0.717, 1.165) is 35.9 Å². The molecule has 0 fully saturated rings. The number of aryl methyl sites for hydroxylation is 2. The number of hydrogen-bond donors (Lipinski definition) is 0. The normalized spacial score (nSPS) is 14.6. The summed E-state index contributed by atoms with van der Waals surface area (Å²) in [5.41, 5.74) is 1.22. The zero-order chi connectivity index (χ0) is 18.8. The minimum atomic E-state index is -0.296. The van der Waals surface area contributed by atoms with Crippen molar-refractivity contribution in [2.75, 3.05) is 27.8 Å². The number of amides is 1. The lowest BCUT2D eigenvalue weighted by Crippen LogP contribution is -2.31. The van der Waals surface area contributed by atoms with Crippen LogP contribution in [0.25, 0.3) is 10.2 Å². The maximum atomic E-state index is 13.2. The van der Waals surface area contributed by atoms with Gasteiger partial charge in [-0.25, -0.2) is 4.98 Å². The van der Waals surface area contributed by atoms with E-state index in [1.807, 2.05) is 6.92 Å². The van der Waals surface area contributed by atoms with Gasteiger partial charge in [0, 0.05) is 39.2 Å². The molecule has 0 N–H and O–H groups in total. The van der Waals surface area contributed by atoms with E-state index in [1.165, 1.54) is 22.2 Å². The molecule has 2 aromatic heterocycles. The van der Waals surface area contributed by atoms with Crippen molar-refractivity contribution in [1.82, 2.24) is 14.5 Å². The van der Waals surface area contributed by atoms with Crippen LogP contribution in [-0.4, -0.2) is 53.4 Å². The van der Waals surface area contributed by atoms with E-state index < -0.39 is 0 Å². The predicted octanol–water partition coefficient (Wildman–Crippen LogP) is 2.55. The molecule has 0 spiro atoms. The molecule has 0 radical (unpaired) electrons. The molecule has 2 heterocycles. The smallest absolute Gasteiger partial charge is 0.263 e. The lowest BCUT2D eigenvalue weighted by atomic mass is 10.2. The first-order chi connectivity index (χ1) is 12.4. The van der Waals surface area contributed by atoms with Crippen LogP contribution in [0.2, 0.25) is 0 Å². The van der Waals surface area contributed by atoms with E-state index in [9.17, 15) is 9.59 Å². The molecule has 8 heteroatoms. The van der Waals surface area contributed by atoms with Crippen molar-refractivity contribution in [2.24, 2.45) is 0 Å². The van der Waals surface area contributed by atoms with Crippen LogP contribution >= 0.6 is 23.1 Å². The van der Waals surface area contributed by atoms with Gasteiger partial charge >= 0.3 is 0 Å². The zero-order valence-electron chi connectivity index (χ0n) is 15.7. The number of rotatable bonds is 7. The summed E-state index contributed by atoms with van der Waals surface area (Å²) >= 11 is 3.00. The Kier molecular flexibility index (Phi) is 6.04. The monoisotopic (exact) mass is 395 g/mol. The van der Waals surface area contributed by atoms with Crippen molar-refractivity contribution >= 4 is 39.2 Å². The van der Waals surface area contributed by atoms with Crippen molar-refractivity contribution in [3.05, 3.63) is 20.8 Å². The van der Waals surface area contributed by atoms with Crippen molar-refractivity contribution in [3.8, 4) is 0 Å². The molecule has 3 rings (SSSR count). The fraction of sp³-hybridized carbons (Fsp3) is 0.611. The highest BCUT2D eigenvalue weighted by atomic mass is 32.2. The van der Waals surface area contributed by atoms with Gasteiger partial charge in [-0.15, -0.1) is 11.3 Å². The third-order valence-electron chi connectivity index (χ3n) is 4.59. The number of carbonyl (C=O) groups is 1. The number of fused-ring (bicyclic) bond motifs is 3. The average molecular weight is 396 g/mol. The molecule has 1 amide bonds. The van der Waals surface area contributed by atoms with Crippen molar-refractivity contribution < 1.29 is 9.53 Å². The van der Waals surface area contributed by atoms with Gasteiger partial charge < -0.3 is 9.64 Å². The van der Waals surface area contributed by atoms with Gasteiger partial charge in [0.2, 0.25) is 5.91 Å². The quantitative estimate of drug-likeness (QED) is 0.410. The molecule has 6 nitrogen and oxygen atoms in total. The standard InChI is InChI=1S/C18H25N3O3S2/c1-11(16(22)20(2)3)25-18-19-15-14(12-7-5-8-13(12)26-15)17(23)21(18)9-6-10-24-4/h11H,5-10H2,1-4H3/t11-/m0/s1. The van der Waals surface area contributed by atoms with Gasteiger partial charge in [-0.1, -0.05) is 11.8 Å². The molecule has 0 saturated heterocycles. The van der Waals surface area contributed by atoms with Crippen molar-refractivity contribution in [1.29, 1.82) is 0 Å². The molecule has 2 aromatic rings. The maximum Gasteiger partial charge on any atom is 0.263 e. The highest BCUT2D eigenvalue weighted by molar-refractivity contribution is 8.00. The van der Waals surface area contributed by atoms with Crippen LogP contribution in [0.1, 0.15) is 30.2 Å². The lowest BCUT2D eigenvalue weighted by molar-refractivity contribution is -0.127. The van der Waals surface area contributed by atoms with Crippen LogP contribution in [0.4, 0.5) is 0 Å². The number of nitrogens with zero attached hydrogens (tertiary/aromatic N) is 3. The summed E-state index contributed by atoms with van der Waals surface area (Å²) in [4.78, 5) is 34.0. The Balaban J connectivity index is 2.03. The maximum absolute atomic E-state index is 13.2. The van der Waals surface area contributed by atoms with E-state index in [-0.39, 0.29) is 16.7 Å². The Hall–Kier alpha value is -1.38. The fourth-order valence-corrected chi connectivity index (χ4v) is 5.67. The largest absolute Gasteiger partial charge is 0.385 e. The summed E-state index contributed by atoms with van der Waals surface area (Å²) in [5, 5.41) is 1.12. The molecule has 0 saturated carbocycles. The molecule has 0 bridgehead atoms. The van der Waals surface area contributed by atoms with Crippen molar-refractivity contribution in [2.45, 2.75) is 49.6 Å². The second-order valence-electron chi connectivity index (χ2n) is 6.73. The van der Waals surface area contributed by atoms with Crippen LogP contribution in [0.15, 0.2) is 9.95 Å². The summed E-state index contributed by atoms with van der Waals surface area (Å²) in [6.07, 6.45) is 3.86. The Bertz CT molecular complexity index is 873. The number of methoxy groups -OCH3 is 1. The SMILES string of the molecule is COCCCn1c(S[C@@H](C)C(=O)N(C)C)nc2sc3c(c2c1=O)CCC3. The summed E-state index contributed by atoms with van der Waals surface area (Å²) in [6.45, 7) is 2.99. The highest BCUT2D eigenvalue weighted by Crippen LogP contribution is 2.36. The highest BCUT2D eigenvalue weighted by Gasteiger charge is 2.25. The Morgan fingerprint density at radius 2 is 2.19 bits per heavy atom. The Labute approximate surface area is 161 Å². The number of ether oxygens (including phenoxy) is 1. The molecule has 1 aliphatic carbocycles. The first-order valence-corrected chi connectivity index (χ1v) is 10.6. The van der Waals surface area contributed by atoms with Gasteiger partial charge in [0.1, 0.15) is 4.83 Å². The molecule has 0 aliphatic heterocycles.